The first kappa shape index (κ1) is 22.1. The van der Waals surface area contributed by atoms with Crippen LogP contribution in [0.1, 0.15) is 42.1 Å². The molecule has 30 heavy (non-hydrogen) atoms. The number of rotatable bonds is 7. The molecule has 6 heteroatoms. The zero-order valence-corrected chi connectivity index (χ0v) is 18.7. The van der Waals surface area contributed by atoms with Crippen LogP contribution in [-0.4, -0.2) is 48.6 Å². The van der Waals surface area contributed by atoms with Crippen molar-refractivity contribution in [2.24, 2.45) is 4.99 Å². The quantitative estimate of drug-likeness (QED) is 0.542. The molecule has 0 bridgehead atoms. The monoisotopic (exact) mass is 409 g/mol. The van der Waals surface area contributed by atoms with Crippen LogP contribution in [0.3, 0.4) is 0 Å². The Labute approximate surface area is 180 Å². The van der Waals surface area contributed by atoms with Crippen molar-refractivity contribution in [1.82, 2.24) is 20.5 Å². The number of nitrogens with zero attached hydrogens (tertiary/aromatic N) is 3. The van der Waals surface area contributed by atoms with Crippen molar-refractivity contribution in [1.29, 1.82) is 0 Å². The van der Waals surface area contributed by atoms with E-state index in [4.69, 9.17) is 9.73 Å². The average Bonchev–Trinajstić information content (AvgIpc) is 2.76. The fourth-order valence-electron chi connectivity index (χ4n) is 3.97. The molecule has 1 aliphatic rings. The Morgan fingerprint density at radius 2 is 1.93 bits per heavy atom. The van der Waals surface area contributed by atoms with Gasteiger partial charge >= 0.3 is 0 Å². The number of aliphatic imine (C=N–C) groups is 1. The molecular formula is C24H35N5O. The van der Waals surface area contributed by atoms with Gasteiger partial charge < -0.3 is 15.4 Å². The second-order valence-electron chi connectivity index (χ2n) is 7.92. The summed E-state index contributed by atoms with van der Waals surface area (Å²) in [5.74, 6) is 1.76. The van der Waals surface area contributed by atoms with Crippen molar-refractivity contribution in [3.8, 4) is 5.75 Å². The molecule has 1 aromatic carbocycles. The Bertz CT molecular complexity index is 829. The molecule has 0 aliphatic carbocycles. The summed E-state index contributed by atoms with van der Waals surface area (Å²) in [6.45, 7) is 10.8. The Kier molecular flexibility index (Phi) is 8.08. The zero-order valence-electron chi connectivity index (χ0n) is 18.7. The first-order chi connectivity index (χ1) is 14.6. The van der Waals surface area contributed by atoms with Crippen molar-refractivity contribution >= 4 is 5.96 Å². The topological polar surface area (TPSA) is 61.8 Å². The van der Waals surface area contributed by atoms with E-state index in [9.17, 15) is 0 Å². The number of pyridine rings is 1. The summed E-state index contributed by atoms with van der Waals surface area (Å²) in [5.41, 5.74) is 4.45. The smallest absolute Gasteiger partial charge is 0.191 e. The highest BCUT2D eigenvalue weighted by Crippen LogP contribution is 2.24. The predicted molar refractivity (Wildman–Crippen MR) is 123 cm³/mol. The summed E-state index contributed by atoms with van der Waals surface area (Å²) in [6, 6.07) is 11.2. The summed E-state index contributed by atoms with van der Waals surface area (Å²) in [5, 5.41) is 7.00. The van der Waals surface area contributed by atoms with Crippen molar-refractivity contribution in [2.45, 2.75) is 52.7 Å². The molecule has 0 amide bonds. The van der Waals surface area contributed by atoms with Gasteiger partial charge in [-0.15, -0.1) is 0 Å². The Hall–Kier alpha value is -2.60. The largest absolute Gasteiger partial charge is 0.496 e. The third-order valence-corrected chi connectivity index (χ3v) is 5.66. The number of hydrogen-bond acceptors (Lipinski definition) is 4. The van der Waals surface area contributed by atoms with Gasteiger partial charge in [0.05, 0.1) is 19.3 Å². The molecule has 0 unspecified atom stereocenters. The molecule has 162 valence electrons. The standard InChI is InChI=1S/C24H35N5O/c1-5-25-24(27-16-22-19(3)23(30-4)18(2)15-26-22)28-21-11-13-29(14-12-21)17-20-9-7-6-8-10-20/h6-10,15,21H,5,11-14,16-17H2,1-4H3,(H2,25,27,28). The minimum Gasteiger partial charge on any atom is -0.496 e. The van der Waals surface area contributed by atoms with Gasteiger partial charge in [0.2, 0.25) is 0 Å². The maximum Gasteiger partial charge on any atom is 0.191 e. The molecule has 3 rings (SSSR count). The molecule has 1 aromatic heterocycles. The van der Waals surface area contributed by atoms with Gasteiger partial charge in [0.1, 0.15) is 5.75 Å². The SMILES string of the molecule is CCNC(=NCc1ncc(C)c(OC)c1C)NC1CCN(Cc2ccccc2)CC1. The first-order valence-electron chi connectivity index (χ1n) is 10.9. The number of guanidine groups is 1. The van der Waals surface area contributed by atoms with Crippen LogP contribution in [0.4, 0.5) is 0 Å². The Balaban J connectivity index is 1.56. The van der Waals surface area contributed by atoms with Gasteiger partial charge in [-0.3, -0.25) is 9.88 Å². The number of likely N-dealkylation sites (tertiary alicyclic amines) is 1. The summed E-state index contributed by atoms with van der Waals surface area (Å²) in [6.07, 6.45) is 4.10. The number of hydrogen-bond donors (Lipinski definition) is 2. The minimum atomic E-state index is 0.441. The molecule has 0 saturated carbocycles. The van der Waals surface area contributed by atoms with Gasteiger partial charge in [0.25, 0.3) is 0 Å². The fourth-order valence-corrected chi connectivity index (χ4v) is 3.97. The fraction of sp³-hybridized carbons (Fsp3) is 0.500. The predicted octanol–water partition coefficient (Wildman–Crippen LogP) is 3.43. The molecule has 2 heterocycles. The van der Waals surface area contributed by atoms with Crippen LogP contribution < -0.4 is 15.4 Å². The van der Waals surface area contributed by atoms with E-state index in [2.05, 4.69) is 57.8 Å². The van der Waals surface area contributed by atoms with E-state index in [-0.39, 0.29) is 0 Å². The number of methoxy groups -OCH3 is 1. The third-order valence-electron chi connectivity index (χ3n) is 5.66. The highest BCUT2D eigenvalue weighted by atomic mass is 16.5. The van der Waals surface area contributed by atoms with E-state index >= 15 is 0 Å². The molecule has 2 aromatic rings. The van der Waals surface area contributed by atoms with Crippen LogP contribution in [-0.2, 0) is 13.1 Å². The minimum absolute atomic E-state index is 0.441. The summed E-state index contributed by atoms with van der Waals surface area (Å²) >= 11 is 0. The number of aromatic nitrogens is 1. The molecule has 0 atom stereocenters. The van der Waals surface area contributed by atoms with Crippen LogP contribution in [0.15, 0.2) is 41.5 Å². The number of aryl methyl sites for hydroxylation is 1. The van der Waals surface area contributed by atoms with Gasteiger partial charge in [-0.25, -0.2) is 4.99 Å². The van der Waals surface area contributed by atoms with Crippen molar-refractivity contribution in [2.75, 3.05) is 26.7 Å². The molecular weight excluding hydrogens is 374 g/mol. The summed E-state index contributed by atoms with van der Waals surface area (Å²) < 4.78 is 5.52. The van der Waals surface area contributed by atoms with E-state index in [1.54, 1.807) is 7.11 Å². The lowest BCUT2D eigenvalue weighted by Gasteiger charge is -2.33. The van der Waals surface area contributed by atoms with Gasteiger partial charge in [-0.1, -0.05) is 30.3 Å². The van der Waals surface area contributed by atoms with Crippen LogP contribution in [0.2, 0.25) is 0 Å². The molecule has 0 spiro atoms. The maximum absolute atomic E-state index is 5.52. The van der Waals surface area contributed by atoms with Crippen molar-refractivity contribution < 1.29 is 4.74 Å². The average molecular weight is 410 g/mol. The van der Waals surface area contributed by atoms with Crippen LogP contribution in [0.25, 0.3) is 0 Å². The lowest BCUT2D eigenvalue weighted by atomic mass is 10.0. The third kappa shape index (κ3) is 5.95. The van der Waals surface area contributed by atoms with E-state index in [0.29, 0.717) is 12.6 Å². The van der Waals surface area contributed by atoms with Crippen LogP contribution in [0.5, 0.6) is 5.75 Å². The zero-order chi connectivity index (χ0) is 21.3. The van der Waals surface area contributed by atoms with Gasteiger partial charge in [0, 0.05) is 49.5 Å². The lowest BCUT2D eigenvalue weighted by molar-refractivity contribution is 0.198. The van der Waals surface area contributed by atoms with E-state index < -0.39 is 0 Å². The summed E-state index contributed by atoms with van der Waals surface area (Å²) in [4.78, 5) is 11.9. The highest BCUT2D eigenvalue weighted by Gasteiger charge is 2.20. The molecule has 2 N–H and O–H groups in total. The maximum atomic E-state index is 5.52. The first-order valence-corrected chi connectivity index (χ1v) is 10.9. The number of piperidine rings is 1. The Morgan fingerprint density at radius 1 is 1.20 bits per heavy atom. The highest BCUT2D eigenvalue weighted by molar-refractivity contribution is 5.80. The molecule has 6 nitrogen and oxygen atoms in total. The lowest BCUT2D eigenvalue weighted by Crippen LogP contribution is -2.48. The number of nitrogens with one attached hydrogen (secondary N) is 2. The van der Waals surface area contributed by atoms with Crippen LogP contribution >= 0.6 is 0 Å². The van der Waals surface area contributed by atoms with Gasteiger partial charge in [-0.2, -0.15) is 0 Å². The Morgan fingerprint density at radius 3 is 2.60 bits per heavy atom. The second-order valence-corrected chi connectivity index (χ2v) is 7.92. The van der Waals surface area contributed by atoms with E-state index in [1.807, 2.05) is 20.0 Å². The normalized spacial score (nSPS) is 15.8. The number of ether oxygens (including phenoxy) is 1. The molecule has 1 fully saturated rings. The summed E-state index contributed by atoms with van der Waals surface area (Å²) in [7, 11) is 1.71. The van der Waals surface area contributed by atoms with E-state index in [0.717, 1.165) is 67.6 Å². The second kappa shape index (κ2) is 11.0. The molecule has 1 aliphatic heterocycles. The van der Waals surface area contributed by atoms with E-state index in [1.165, 1.54) is 5.56 Å². The molecule has 0 radical (unpaired) electrons. The van der Waals surface area contributed by atoms with Crippen molar-refractivity contribution in [3.05, 3.63) is 58.9 Å². The van der Waals surface area contributed by atoms with Gasteiger partial charge in [0.15, 0.2) is 5.96 Å². The van der Waals surface area contributed by atoms with Gasteiger partial charge in [-0.05, 0) is 39.2 Å². The van der Waals surface area contributed by atoms with Crippen LogP contribution in [0, 0.1) is 13.8 Å². The molecule has 1 saturated heterocycles. The number of benzene rings is 1. The van der Waals surface area contributed by atoms with Crippen molar-refractivity contribution in [3.63, 3.8) is 0 Å².